The Labute approximate surface area is 115 Å². The molecule has 0 radical (unpaired) electrons. The lowest BCUT2D eigenvalue weighted by molar-refractivity contribution is -0.138. The minimum atomic E-state index is -4.53. The lowest BCUT2D eigenvalue weighted by Gasteiger charge is -2.35. The third-order valence-electron chi connectivity index (χ3n) is 3.44. The summed E-state index contributed by atoms with van der Waals surface area (Å²) in [6.07, 6.45) is -3.75. The summed E-state index contributed by atoms with van der Waals surface area (Å²) in [5.41, 5.74) is 4.64. The van der Waals surface area contributed by atoms with Crippen LogP contribution in [-0.4, -0.2) is 29.9 Å². The van der Waals surface area contributed by atoms with Gasteiger partial charge >= 0.3 is 6.18 Å². The van der Waals surface area contributed by atoms with Crippen molar-refractivity contribution in [3.8, 4) is 0 Å². The summed E-state index contributed by atoms with van der Waals surface area (Å²) in [6, 6.07) is 4.69. The van der Waals surface area contributed by atoms with Crippen LogP contribution in [0.25, 0.3) is 0 Å². The van der Waals surface area contributed by atoms with Crippen LogP contribution < -0.4 is 5.73 Å². The molecule has 1 saturated heterocycles. The molecule has 0 spiro atoms. The first-order valence-electron chi connectivity index (χ1n) is 6.50. The summed E-state index contributed by atoms with van der Waals surface area (Å²) in [6.45, 7) is 2.68. The topological polar surface area (TPSA) is 46.3 Å². The van der Waals surface area contributed by atoms with Crippen LogP contribution in [-0.2, 0) is 6.18 Å². The molecule has 1 aromatic rings. The van der Waals surface area contributed by atoms with Crippen molar-refractivity contribution in [2.45, 2.75) is 25.6 Å². The zero-order chi connectivity index (χ0) is 14.9. The van der Waals surface area contributed by atoms with E-state index in [1.807, 2.05) is 6.92 Å². The van der Waals surface area contributed by atoms with E-state index in [4.69, 9.17) is 5.73 Å². The molecule has 20 heavy (non-hydrogen) atoms. The fraction of sp³-hybridized carbons (Fsp3) is 0.500. The summed E-state index contributed by atoms with van der Waals surface area (Å²) in [5, 5.41) is 0. The number of halogens is 3. The van der Waals surface area contributed by atoms with E-state index in [9.17, 15) is 18.0 Å². The van der Waals surface area contributed by atoms with Gasteiger partial charge in [-0.3, -0.25) is 4.79 Å². The van der Waals surface area contributed by atoms with Gasteiger partial charge in [-0.05, 0) is 24.5 Å². The number of nitrogens with two attached hydrogens (primary N) is 1. The Bertz CT molecular complexity index is 491. The summed E-state index contributed by atoms with van der Waals surface area (Å²) in [7, 11) is 0. The summed E-state index contributed by atoms with van der Waals surface area (Å²) >= 11 is 0. The number of carbonyl (C=O) groups is 1. The molecule has 110 valence electrons. The molecule has 1 fully saturated rings. The van der Waals surface area contributed by atoms with E-state index >= 15 is 0 Å². The number of nitrogens with zero attached hydrogens (tertiary/aromatic N) is 1. The molecule has 1 amide bonds. The van der Waals surface area contributed by atoms with Crippen LogP contribution >= 0.6 is 0 Å². The highest BCUT2D eigenvalue weighted by atomic mass is 19.4. The van der Waals surface area contributed by atoms with Crippen LogP contribution in [0.1, 0.15) is 29.3 Å². The number of hydrogen-bond donors (Lipinski definition) is 1. The molecule has 0 aromatic heterocycles. The first-order valence-corrected chi connectivity index (χ1v) is 6.50. The van der Waals surface area contributed by atoms with Crippen LogP contribution in [0.5, 0.6) is 0 Å². The van der Waals surface area contributed by atoms with Gasteiger partial charge < -0.3 is 10.6 Å². The second-order valence-corrected chi connectivity index (χ2v) is 5.35. The van der Waals surface area contributed by atoms with Gasteiger partial charge in [0.1, 0.15) is 0 Å². The van der Waals surface area contributed by atoms with Crippen LogP contribution in [0.2, 0.25) is 0 Å². The molecule has 3 nitrogen and oxygen atoms in total. The maximum absolute atomic E-state index is 12.9. The van der Waals surface area contributed by atoms with Crippen molar-refractivity contribution in [1.29, 1.82) is 0 Å². The zero-order valence-electron chi connectivity index (χ0n) is 11.2. The highest BCUT2D eigenvalue weighted by Crippen LogP contribution is 2.32. The Morgan fingerprint density at radius 3 is 2.55 bits per heavy atom. The van der Waals surface area contributed by atoms with Crippen molar-refractivity contribution < 1.29 is 18.0 Å². The van der Waals surface area contributed by atoms with Crippen molar-refractivity contribution in [3.05, 3.63) is 35.4 Å². The molecular formula is C14H17F3N2O. The lowest BCUT2D eigenvalue weighted by Crippen LogP contribution is -2.49. The van der Waals surface area contributed by atoms with E-state index in [0.29, 0.717) is 13.1 Å². The summed E-state index contributed by atoms with van der Waals surface area (Å²) in [5.74, 6) is -0.402. The number of benzene rings is 1. The smallest absolute Gasteiger partial charge is 0.337 e. The van der Waals surface area contributed by atoms with Crippen LogP contribution in [0.15, 0.2) is 24.3 Å². The molecule has 2 unspecified atom stereocenters. The predicted molar refractivity (Wildman–Crippen MR) is 69.1 cm³/mol. The molecule has 2 atom stereocenters. The van der Waals surface area contributed by atoms with Gasteiger partial charge in [0.05, 0.1) is 11.1 Å². The average Bonchev–Trinajstić information content (AvgIpc) is 2.35. The van der Waals surface area contributed by atoms with Gasteiger partial charge in [-0.15, -0.1) is 0 Å². The first-order chi connectivity index (χ1) is 9.29. The SMILES string of the molecule is CC1CC(N)CN(C(=O)c2ccccc2C(F)(F)F)C1. The van der Waals surface area contributed by atoms with Gasteiger partial charge in [-0.2, -0.15) is 13.2 Å². The van der Waals surface area contributed by atoms with Crippen LogP contribution in [0, 0.1) is 5.92 Å². The quantitative estimate of drug-likeness (QED) is 0.862. The first kappa shape index (κ1) is 14.8. The number of amides is 1. The third kappa shape index (κ3) is 3.12. The molecular weight excluding hydrogens is 269 g/mol. The Morgan fingerprint density at radius 1 is 1.30 bits per heavy atom. The van der Waals surface area contributed by atoms with Crippen molar-refractivity contribution >= 4 is 5.91 Å². The van der Waals surface area contributed by atoms with E-state index in [0.717, 1.165) is 12.5 Å². The Balaban J connectivity index is 2.30. The van der Waals surface area contributed by atoms with Crippen LogP contribution in [0.3, 0.4) is 0 Å². The number of hydrogen-bond acceptors (Lipinski definition) is 2. The van der Waals surface area contributed by atoms with Crippen molar-refractivity contribution in [2.75, 3.05) is 13.1 Å². The van der Waals surface area contributed by atoms with Crippen LogP contribution in [0.4, 0.5) is 13.2 Å². The lowest BCUT2D eigenvalue weighted by atomic mass is 9.95. The summed E-state index contributed by atoms with van der Waals surface area (Å²) in [4.78, 5) is 13.7. The minimum Gasteiger partial charge on any atom is -0.337 e. The average molecular weight is 286 g/mol. The highest BCUT2D eigenvalue weighted by molar-refractivity contribution is 5.96. The van der Waals surface area contributed by atoms with E-state index in [1.54, 1.807) is 0 Å². The van der Waals surface area contributed by atoms with E-state index in [-0.39, 0.29) is 17.5 Å². The van der Waals surface area contributed by atoms with Gasteiger partial charge in [0.25, 0.3) is 5.91 Å². The van der Waals surface area contributed by atoms with Gasteiger partial charge in [-0.25, -0.2) is 0 Å². The number of carbonyl (C=O) groups excluding carboxylic acids is 1. The number of likely N-dealkylation sites (tertiary alicyclic amines) is 1. The zero-order valence-corrected chi connectivity index (χ0v) is 11.2. The monoisotopic (exact) mass is 286 g/mol. The Morgan fingerprint density at radius 2 is 1.95 bits per heavy atom. The molecule has 2 rings (SSSR count). The largest absolute Gasteiger partial charge is 0.417 e. The molecule has 2 N–H and O–H groups in total. The molecule has 1 aromatic carbocycles. The molecule has 0 aliphatic carbocycles. The second kappa shape index (κ2) is 5.44. The number of rotatable bonds is 1. The van der Waals surface area contributed by atoms with E-state index in [1.165, 1.54) is 23.1 Å². The molecule has 0 bridgehead atoms. The van der Waals surface area contributed by atoms with Gasteiger partial charge in [-0.1, -0.05) is 19.1 Å². The van der Waals surface area contributed by atoms with E-state index < -0.39 is 17.6 Å². The maximum Gasteiger partial charge on any atom is 0.417 e. The molecule has 1 aliphatic heterocycles. The predicted octanol–water partition coefficient (Wildman–Crippen LogP) is 2.51. The van der Waals surface area contributed by atoms with Crippen molar-refractivity contribution in [1.82, 2.24) is 4.90 Å². The molecule has 1 aliphatic rings. The van der Waals surface area contributed by atoms with Crippen molar-refractivity contribution in [3.63, 3.8) is 0 Å². The van der Waals surface area contributed by atoms with Gasteiger partial charge in [0.15, 0.2) is 0 Å². The Hall–Kier alpha value is -1.56. The standard InChI is InChI=1S/C14H17F3N2O/c1-9-6-10(18)8-19(7-9)13(20)11-4-2-3-5-12(11)14(15,16)17/h2-5,9-10H,6-8,18H2,1H3. The van der Waals surface area contributed by atoms with Gasteiger partial charge in [0.2, 0.25) is 0 Å². The fourth-order valence-electron chi connectivity index (χ4n) is 2.65. The fourth-order valence-corrected chi connectivity index (χ4v) is 2.65. The third-order valence-corrected chi connectivity index (χ3v) is 3.44. The van der Waals surface area contributed by atoms with Crippen molar-refractivity contribution in [2.24, 2.45) is 11.7 Å². The normalized spacial score (nSPS) is 23.8. The molecule has 6 heteroatoms. The van der Waals surface area contributed by atoms with Gasteiger partial charge in [0, 0.05) is 19.1 Å². The number of alkyl halides is 3. The maximum atomic E-state index is 12.9. The molecule has 0 saturated carbocycles. The second-order valence-electron chi connectivity index (χ2n) is 5.35. The molecule has 1 heterocycles. The summed E-state index contributed by atoms with van der Waals surface area (Å²) < 4.78 is 38.8. The Kier molecular flexibility index (Phi) is 4.04. The number of piperidine rings is 1. The minimum absolute atomic E-state index is 0.180. The van der Waals surface area contributed by atoms with E-state index in [2.05, 4.69) is 0 Å². The highest BCUT2D eigenvalue weighted by Gasteiger charge is 2.36.